The summed E-state index contributed by atoms with van der Waals surface area (Å²) in [5.41, 5.74) is 0.0133. The van der Waals surface area contributed by atoms with Crippen LogP contribution >= 0.6 is 0 Å². The fraction of sp³-hybridized carbons (Fsp3) is 0.500. The number of carbonyl (C=O) groups excluding carboxylic acids is 1. The van der Waals surface area contributed by atoms with Crippen LogP contribution in [0, 0.1) is 5.92 Å². The molecule has 1 aromatic carbocycles. The summed E-state index contributed by atoms with van der Waals surface area (Å²) in [5.74, 6) is -0.266. The van der Waals surface area contributed by atoms with Gasteiger partial charge in [-0.1, -0.05) is 6.42 Å². The Morgan fingerprint density at radius 2 is 1.95 bits per heavy atom. The minimum atomic E-state index is -4.42. The average molecular weight is 286 g/mol. The molecule has 1 saturated carbocycles. The molecule has 0 atom stereocenters. The summed E-state index contributed by atoms with van der Waals surface area (Å²) in [7, 11) is 3.45. The maximum Gasteiger partial charge on any atom is 0.416 e. The third-order valence-electron chi connectivity index (χ3n) is 3.54. The molecular weight excluding hydrogens is 269 g/mol. The number of halogens is 3. The maximum atomic E-state index is 12.7. The van der Waals surface area contributed by atoms with Crippen LogP contribution in [0.25, 0.3) is 0 Å². The van der Waals surface area contributed by atoms with Crippen LogP contribution in [0.15, 0.2) is 18.2 Å². The number of nitrogens with one attached hydrogen (secondary N) is 1. The van der Waals surface area contributed by atoms with E-state index in [2.05, 4.69) is 5.32 Å². The van der Waals surface area contributed by atoms with Gasteiger partial charge in [0.05, 0.1) is 16.9 Å². The van der Waals surface area contributed by atoms with Crippen molar-refractivity contribution in [1.82, 2.24) is 0 Å². The molecule has 0 heterocycles. The van der Waals surface area contributed by atoms with Crippen molar-refractivity contribution < 1.29 is 18.0 Å². The topological polar surface area (TPSA) is 32.3 Å². The van der Waals surface area contributed by atoms with Crippen LogP contribution in [0.3, 0.4) is 0 Å². The number of hydrogen-bond donors (Lipinski definition) is 1. The van der Waals surface area contributed by atoms with Crippen molar-refractivity contribution in [3.8, 4) is 0 Å². The lowest BCUT2D eigenvalue weighted by atomic mass is 9.85. The summed E-state index contributed by atoms with van der Waals surface area (Å²) < 4.78 is 38.2. The Labute approximate surface area is 115 Å². The van der Waals surface area contributed by atoms with Crippen molar-refractivity contribution in [2.24, 2.45) is 5.92 Å². The van der Waals surface area contributed by atoms with E-state index in [1.54, 1.807) is 19.0 Å². The number of alkyl halides is 3. The van der Waals surface area contributed by atoms with E-state index in [9.17, 15) is 18.0 Å². The monoisotopic (exact) mass is 286 g/mol. The van der Waals surface area contributed by atoms with E-state index >= 15 is 0 Å². The fourth-order valence-electron chi connectivity index (χ4n) is 2.11. The van der Waals surface area contributed by atoms with E-state index in [4.69, 9.17) is 0 Å². The minimum absolute atomic E-state index is 0.0699. The lowest BCUT2D eigenvalue weighted by molar-refractivity contribution is -0.137. The van der Waals surface area contributed by atoms with E-state index < -0.39 is 11.7 Å². The number of hydrogen-bond acceptors (Lipinski definition) is 2. The van der Waals surface area contributed by atoms with Gasteiger partial charge < -0.3 is 10.2 Å². The van der Waals surface area contributed by atoms with Gasteiger partial charge in [-0.3, -0.25) is 4.79 Å². The Morgan fingerprint density at radius 3 is 2.40 bits per heavy atom. The highest BCUT2D eigenvalue weighted by Crippen LogP contribution is 2.36. The van der Waals surface area contributed by atoms with Gasteiger partial charge in [-0.05, 0) is 31.0 Å². The van der Waals surface area contributed by atoms with E-state index in [1.165, 1.54) is 6.07 Å². The Hall–Kier alpha value is -1.72. The van der Waals surface area contributed by atoms with Crippen LogP contribution in [-0.4, -0.2) is 20.0 Å². The Bertz CT molecular complexity index is 508. The number of nitrogens with zero attached hydrogens (tertiary/aromatic N) is 1. The minimum Gasteiger partial charge on any atom is -0.376 e. The fourth-order valence-corrected chi connectivity index (χ4v) is 2.11. The van der Waals surface area contributed by atoms with Gasteiger partial charge >= 0.3 is 6.18 Å². The quantitative estimate of drug-likeness (QED) is 0.922. The van der Waals surface area contributed by atoms with Crippen molar-refractivity contribution in [3.05, 3.63) is 23.8 Å². The Kier molecular flexibility index (Phi) is 3.92. The summed E-state index contributed by atoms with van der Waals surface area (Å²) in [6.07, 6.45) is -1.80. The van der Waals surface area contributed by atoms with Crippen LogP contribution in [0.1, 0.15) is 24.8 Å². The average Bonchev–Trinajstić information content (AvgIpc) is 2.24. The van der Waals surface area contributed by atoms with Crippen LogP contribution in [0.2, 0.25) is 0 Å². The summed E-state index contributed by atoms with van der Waals surface area (Å²) in [4.78, 5) is 13.6. The molecule has 6 heteroatoms. The summed E-state index contributed by atoms with van der Waals surface area (Å²) in [5, 5.41) is 2.63. The molecule has 1 N–H and O–H groups in total. The summed E-state index contributed by atoms with van der Waals surface area (Å²) >= 11 is 0. The lowest BCUT2D eigenvalue weighted by Gasteiger charge is -2.26. The molecule has 0 aliphatic heterocycles. The Morgan fingerprint density at radius 1 is 1.30 bits per heavy atom. The largest absolute Gasteiger partial charge is 0.416 e. The van der Waals surface area contributed by atoms with Crippen molar-refractivity contribution in [2.45, 2.75) is 25.4 Å². The predicted octanol–water partition coefficient (Wildman–Crippen LogP) is 3.51. The molecule has 1 aliphatic carbocycles. The first-order chi connectivity index (χ1) is 9.29. The van der Waals surface area contributed by atoms with Crippen molar-refractivity contribution >= 4 is 17.3 Å². The zero-order chi connectivity index (χ0) is 14.9. The zero-order valence-electron chi connectivity index (χ0n) is 11.4. The van der Waals surface area contributed by atoms with Crippen LogP contribution in [0.5, 0.6) is 0 Å². The van der Waals surface area contributed by atoms with Gasteiger partial charge in [0.15, 0.2) is 0 Å². The highest BCUT2D eigenvalue weighted by molar-refractivity contribution is 5.96. The molecule has 0 aromatic heterocycles. The van der Waals surface area contributed by atoms with Crippen molar-refractivity contribution in [2.75, 3.05) is 24.3 Å². The molecule has 0 saturated heterocycles. The van der Waals surface area contributed by atoms with Crippen molar-refractivity contribution in [3.63, 3.8) is 0 Å². The molecule has 1 fully saturated rings. The molecule has 20 heavy (non-hydrogen) atoms. The van der Waals surface area contributed by atoms with Gasteiger partial charge in [0.1, 0.15) is 0 Å². The Balaban J connectivity index is 2.29. The number of benzene rings is 1. The normalized spacial score (nSPS) is 15.7. The van der Waals surface area contributed by atoms with E-state index in [1.807, 2.05) is 0 Å². The molecule has 1 amide bonds. The highest BCUT2D eigenvalue weighted by atomic mass is 19.4. The number of anilines is 2. The SMILES string of the molecule is CN(C)c1ccc(C(F)(F)F)cc1NC(=O)C1CCC1. The molecule has 110 valence electrons. The molecule has 2 rings (SSSR count). The number of amides is 1. The standard InChI is InChI=1S/C14H17F3N2O/c1-19(2)12-7-6-10(14(15,16)17)8-11(12)18-13(20)9-4-3-5-9/h6-9H,3-5H2,1-2H3,(H,18,20). The summed E-state index contributed by atoms with van der Waals surface area (Å²) in [6.45, 7) is 0. The van der Waals surface area contributed by atoms with Crippen LogP contribution in [-0.2, 0) is 11.0 Å². The molecule has 0 unspecified atom stereocenters. The number of rotatable bonds is 3. The molecular formula is C14H17F3N2O. The predicted molar refractivity (Wildman–Crippen MR) is 71.7 cm³/mol. The third kappa shape index (κ3) is 3.05. The van der Waals surface area contributed by atoms with Crippen LogP contribution < -0.4 is 10.2 Å². The van der Waals surface area contributed by atoms with E-state index in [0.29, 0.717) is 5.69 Å². The van der Waals surface area contributed by atoms with E-state index in [-0.39, 0.29) is 17.5 Å². The molecule has 1 aliphatic rings. The van der Waals surface area contributed by atoms with E-state index in [0.717, 1.165) is 31.4 Å². The molecule has 0 radical (unpaired) electrons. The van der Waals surface area contributed by atoms with Gasteiger partial charge in [-0.25, -0.2) is 0 Å². The van der Waals surface area contributed by atoms with Gasteiger partial charge in [0.25, 0.3) is 0 Å². The molecule has 0 bridgehead atoms. The van der Waals surface area contributed by atoms with Gasteiger partial charge in [0.2, 0.25) is 5.91 Å². The second-order valence-electron chi connectivity index (χ2n) is 5.24. The van der Waals surface area contributed by atoms with Gasteiger partial charge in [-0.15, -0.1) is 0 Å². The molecule has 1 aromatic rings. The number of carbonyl (C=O) groups is 1. The smallest absolute Gasteiger partial charge is 0.376 e. The first-order valence-electron chi connectivity index (χ1n) is 6.48. The zero-order valence-corrected chi connectivity index (χ0v) is 11.4. The maximum absolute atomic E-state index is 12.7. The van der Waals surface area contributed by atoms with Gasteiger partial charge in [-0.2, -0.15) is 13.2 Å². The van der Waals surface area contributed by atoms with Crippen molar-refractivity contribution in [1.29, 1.82) is 0 Å². The second kappa shape index (κ2) is 5.34. The first-order valence-corrected chi connectivity index (χ1v) is 6.48. The van der Waals surface area contributed by atoms with Crippen LogP contribution in [0.4, 0.5) is 24.5 Å². The lowest BCUT2D eigenvalue weighted by Crippen LogP contribution is -2.29. The molecule has 3 nitrogen and oxygen atoms in total. The third-order valence-corrected chi connectivity index (χ3v) is 3.54. The highest BCUT2D eigenvalue weighted by Gasteiger charge is 2.32. The first kappa shape index (κ1) is 14.7. The second-order valence-corrected chi connectivity index (χ2v) is 5.24. The summed E-state index contributed by atoms with van der Waals surface area (Å²) in [6, 6.07) is 3.39. The van der Waals surface area contributed by atoms with Gasteiger partial charge in [0, 0.05) is 20.0 Å². The molecule has 0 spiro atoms.